The van der Waals surface area contributed by atoms with Crippen molar-refractivity contribution in [3.63, 3.8) is 0 Å². The summed E-state index contributed by atoms with van der Waals surface area (Å²) in [7, 11) is 0. The van der Waals surface area contributed by atoms with Crippen LogP contribution in [-0.2, 0) is 0 Å². The summed E-state index contributed by atoms with van der Waals surface area (Å²) in [6, 6.07) is 7.44. The molecule has 1 aromatic carbocycles. The van der Waals surface area contributed by atoms with Crippen LogP contribution in [0.2, 0.25) is 5.02 Å². The van der Waals surface area contributed by atoms with Gasteiger partial charge in [-0.15, -0.1) is 12.6 Å². The van der Waals surface area contributed by atoms with Crippen molar-refractivity contribution in [1.29, 1.82) is 0 Å². The summed E-state index contributed by atoms with van der Waals surface area (Å²) in [5.74, 6) is 0. The molecule has 0 N–H and O–H groups in total. The van der Waals surface area contributed by atoms with E-state index in [2.05, 4.69) is 12.6 Å². The molecule has 0 amide bonds. The molecule has 0 heterocycles. The molecule has 0 radical (unpaired) electrons. The summed E-state index contributed by atoms with van der Waals surface area (Å²) < 4.78 is 0. The summed E-state index contributed by atoms with van der Waals surface area (Å²) in [6.07, 6.45) is 0. The SMILES string of the molecule is CC.Sc1ccccc1Cl. The third-order valence-corrected chi connectivity index (χ3v) is 1.70. The van der Waals surface area contributed by atoms with Crippen LogP contribution in [0, 0.1) is 0 Å². The second kappa shape index (κ2) is 5.63. The van der Waals surface area contributed by atoms with E-state index >= 15 is 0 Å². The van der Waals surface area contributed by atoms with Crippen LogP contribution in [0.5, 0.6) is 0 Å². The van der Waals surface area contributed by atoms with Gasteiger partial charge in [-0.05, 0) is 12.1 Å². The van der Waals surface area contributed by atoms with Crippen molar-refractivity contribution in [3.05, 3.63) is 29.3 Å². The van der Waals surface area contributed by atoms with Crippen molar-refractivity contribution >= 4 is 24.2 Å². The fourth-order valence-corrected chi connectivity index (χ4v) is 0.748. The molecule has 0 fully saturated rings. The second-order valence-electron chi connectivity index (χ2n) is 1.45. The van der Waals surface area contributed by atoms with Crippen molar-refractivity contribution < 1.29 is 0 Å². The van der Waals surface area contributed by atoms with Crippen molar-refractivity contribution in [3.8, 4) is 0 Å². The molecule has 0 bridgehead atoms. The zero-order valence-corrected chi connectivity index (χ0v) is 7.78. The van der Waals surface area contributed by atoms with Crippen LogP contribution in [0.1, 0.15) is 13.8 Å². The maximum atomic E-state index is 5.63. The Morgan fingerprint density at radius 3 is 2.00 bits per heavy atom. The molecule has 0 aliphatic rings. The number of hydrogen-bond donors (Lipinski definition) is 1. The maximum absolute atomic E-state index is 5.63. The van der Waals surface area contributed by atoms with Crippen molar-refractivity contribution in [2.75, 3.05) is 0 Å². The van der Waals surface area contributed by atoms with E-state index in [0.717, 1.165) is 4.90 Å². The van der Waals surface area contributed by atoms with Crippen LogP contribution in [0.25, 0.3) is 0 Å². The highest BCUT2D eigenvalue weighted by atomic mass is 35.5. The Morgan fingerprint density at radius 2 is 1.70 bits per heavy atom. The molecule has 0 atom stereocenters. The smallest absolute Gasteiger partial charge is 0.0539 e. The van der Waals surface area contributed by atoms with Gasteiger partial charge in [0.1, 0.15) is 0 Å². The van der Waals surface area contributed by atoms with Crippen LogP contribution < -0.4 is 0 Å². The number of thiol groups is 1. The van der Waals surface area contributed by atoms with Gasteiger partial charge in [-0.25, -0.2) is 0 Å². The lowest BCUT2D eigenvalue weighted by molar-refractivity contribution is 1.48. The Morgan fingerprint density at radius 1 is 1.20 bits per heavy atom. The van der Waals surface area contributed by atoms with Crippen LogP contribution in [-0.4, -0.2) is 0 Å². The molecule has 56 valence electrons. The number of hydrogen-bond acceptors (Lipinski definition) is 1. The first-order valence-corrected chi connectivity index (χ1v) is 4.07. The molecule has 0 saturated carbocycles. The first-order chi connectivity index (χ1) is 4.80. The largest absolute Gasteiger partial charge is 0.142 e. The van der Waals surface area contributed by atoms with Gasteiger partial charge in [0.15, 0.2) is 0 Å². The molecule has 0 nitrogen and oxygen atoms in total. The third kappa shape index (κ3) is 3.14. The molecule has 0 spiro atoms. The molecule has 0 unspecified atom stereocenters. The van der Waals surface area contributed by atoms with Gasteiger partial charge in [0.05, 0.1) is 5.02 Å². The summed E-state index contributed by atoms with van der Waals surface area (Å²) in [5, 5.41) is 0.704. The van der Waals surface area contributed by atoms with Gasteiger partial charge >= 0.3 is 0 Å². The normalized spacial score (nSPS) is 8.00. The quantitative estimate of drug-likeness (QED) is 0.571. The van der Waals surface area contributed by atoms with Gasteiger partial charge in [0.2, 0.25) is 0 Å². The van der Waals surface area contributed by atoms with E-state index in [9.17, 15) is 0 Å². The van der Waals surface area contributed by atoms with Gasteiger partial charge in [-0.3, -0.25) is 0 Å². The third-order valence-electron chi connectivity index (χ3n) is 0.852. The Labute approximate surface area is 72.6 Å². The van der Waals surface area contributed by atoms with Gasteiger partial charge in [-0.2, -0.15) is 0 Å². The maximum Gasteiger partial charge on any atom is 0.0539 e. The topological polar surface area (TPSA) is 0 Å². The van der Waals surface area contributed by atoms with Crippen LogP contribution >= 0.6 is 24.2 Å². The summed E-state index contributed by atoms with van der Waals surface area (Å²) in [4.78, 5) is 0.828. The molecule has 0 aromatic heterocycles. The molecule has 0 aliphatic heterocycles. The Balaban J connectivity index is 0.000000371. The minimum absolute atomic E-state index is 0.704. The molecule has 0 aliphatic carbocycles. The Hall–Kier alpha value is -0.140. The lowest BCUT2D eigenvalue weighted by Crippen LogP contribution is -1.63. The summed E-state index contributed by atoms with van der Waals surface area (Å²) in [5.41, 5.74) is 0. The van der Waals surface area contributed by atoms with Crippen molar-refractivity contribution in [2.45, 2.75) is 18.7 Å². The van der Waals surface area contributed by atoms with Crippen LogP contribution in [0.3, 0.4) is 0 Å². The van der Waals surface area contributed by atoms with Gasteiger partial charge in [0, 0.05) is 4.90 Å². The molecule has 2 heteroatoms. The average Bonchev–Trinajstić information content (AvgIpc) is 2.00. The molecule has 10 heavy (non-hydrogen) atoms. The number of halogens is 1. The van der Waals surface area contributed by atoms with Gasteiger partial charge < -0.3 is 0 Å². The summed E-state index contributed by atoms with van der Waals surface area (Å²) >= 11 is 9.70. The van der Waals surface area contributed by atoms with Crippen molar-refractivity contribution in [2.24, 2.45) is 0 Å². The predicted octanol–water partition coefficient (Wildman–Crippen LogP) is 3.65. The standard InChI is InChI=1S/C6H5ClS.C2H6/c7-5-3-1-2-4-6(5)8;1-2/h1-4,8H;1-2H3. The predicted molar refractivity (Wildman–Crippen MR) is 50.1 cm³/mol. The average molecular weight is 175 g/mol. The highest BCUT2D eigenvalue weighted by Crippen LogP contribution is 2.17. The van der Waals surface area contributed by atoms with E-state index in [1.54, 1.807) is 0 Å². The summed E-state index contributed by atoms with van der Waals surface area (Å²) in [6.45, 7) is 4.00. The minimum Gasteiger partial charge on any atom is -0.142 e. The molecular weight excluding hydrogens is 164 g/mol. The minimum atomic E-state index is 0.704. The fraction of sp³-hybridized carbons (Fsp3) is 0.250. The highest BCUT2D eigenvalue weighted by molar-refractivity contribution is 7.80. The zero-order chi connectivity index (χ0) is 7.98. The molecule has 1 rings (SSSR count). The van der Waals surface area contributed by atoms with Gasteiger partial charge in [-0.1, -0.05) is 37.6 Å². The fourth-order valence-electron chi connectivity index (χ4n) is 0.452. The monoisotopic (exact) mass is 174 g/mol. The van der Waals surface area contributed by atoms with E-state index in [1.807, 2.05) is 38.1 Å². The molecule has 0 saturated heterocycles. The van der Waals surface area contributed by atoms with E-state index in [0.29, 0.717) is 5.02 Å². The second-order valence-corrected chi connectivity index (χ2v) is 2.34. The lowest BCUT2D eigenvalue weighted by atomic mass is 10.4. The molecular formula is C8H11ClS. The Kier molecular flexibility index (Phi) is 5.55. The Bertz CT molecular complexity index is 165. The first-order valence-electron chi connectivity index (χ1n) is 3.24. The van der Waals surface area contributed by atoms with E-state index in [-0.39, 0.29) is 0 Å². The first kappa shape index (κ1) is 9.86. The van der Waals surface area contributed by atoms with Crippen LogP contribution in [0.4, 0.5) is 0 Å². The van der Waals surface area contributed by atoms with E-state index in [1.165, 1.54) is 0 Å². The lowest BCUT2D eigenvalue weighted by Gasteiger charge is -1.90. The van der Waals surface area contributed by atoms with Crippen LogP contribution in [0.15, 0.2) is 29.2 Å². The van der Waals surface area contributed by atoms with E-state index < -0.39 is 0 Å². The van der Waals surface area contributed by atoms with Gasteiger partial charge in [0.25, 0.3) is 0 Å². The molecule has 1 aromatic rings. The zero-order valence-electron chi connectivity index (χ0n) is 6.13. The number of benzene rings is 1. The van der Waals surface area contributed by atoms with E-state index in [4.69, 9.17) is 11.6 Å². The number of rotatable bonds is 0. The highest BCUT2D eigenvalue weighted by Gasteiger charge is 1.87. The van der Waals surface area contributed by atoms with Crippen molar-refractivity contribution in [1.82, 2.24) is 0 Å².